The number of anilines is 1. The van der Waals surface area contributed by atoms with Crippen LogP contribution >= 0.6 is 0 Å². The first-order chi connectivity index (χ1) is 12.0. The fourth-order valence-electron chi connectivity index (χ4n) is 6.74. The van der Waals surface area contributed by atoms with Gasteiger partial charge in [0.15, 0.2) is 0 Å². The zero-order chi connectivity index (χ0) is 17.2. The number of allylic oxidation sites excluding steroid dienone is 2. The third-order valence-corrected chi connectivity index (χ3v) is 7.54. The molecule has 0 amide bonds. The zero-order valence-electron chi connectivity index (χ0n) is 15.1. The molecule has 0 saturated heterocycles. The minimum Gasteiger partial charge on any atom is -0.398 e. The van der Waals surface area contributed by atoms with Crippen LogP contribution in [0.5, 0.6) is 0 Å². The molecule has 3 N–H and O–H groups in total. The summed E-state index contributed by atoms with van der Waals surface area (Å²) in [6.45, 7) is 1.95. The van der Waals surface area contributed by atoms with Crippen LogP contribution in [0.25, 0.3) is 0 Å². The SMILES string of the molecule is C[C@@](O)(c1ccccc1N)[C@H]1C=CCC1=C1C2CC3CC(C2)CC1C3. The second-order valence-electron chi connectivity index (χ2n) is 9.13. The van der Waals surface area contributed by atoms with E-state index in [0.29, 0.717) is 5.69 Å². The minimum atomic E-state index is -0.935. The van der Waals surface area contributed by atoms with Crippen molar-refractivity contribution in [2.45, 2.75) is 51.0 Å². The molecule has 0 spiro atoms. The monoisotopic (exact) mass is 335 g/mol. The van der Waals surface area contributed by atoms with Crippen LogP contribution in [0.3, 0.4) is 0 Å². The topological polar surface area (TPSA) is 46.2 Å². The lowest BCUT2D eigenvalue weighted by Crippen LogP contribution is -2.42. The van der Waals surface area contributed by atoms with Gasteiger partial charge in [0.25, 0.3) is 0 Å². The Hall–Kier alpha value is -1.54. The van der Waals surface area contributed by atoms with E-state index in [2.05, 4.69) is 12.2 Å². The van der Waals surface area contributed by atoms with Crippen molar-refractivity contribution in [3.63, 3.8) is 0 Å². The van der Waals surface area contributed by atoms with E-state index < -0.39 is 5.60 Å². The van der Waals surface area contributed by atoms with Crippen molar-refractivity contribution < 1.29 is 5.11 Å². The normalized spacial score (nSPS) is 38.4. The Morgan fingerprint density at radius 3 is 2.28 bits per heavy atom. The van der Waals surface area contributed by atoms with Gasteiger partial charge in [0.1, 0.15) is 0 Å². The van der Waals surface area contributed by atoms with E-state index >= 15 is 0 Å². The molecule has 2 atom stereocenters. The van der Waals surface area contributed by atoms with Crippen LogP contribution in [-0.4, -0.2) is 5.11 Å². The van der Waals surface area contributed by atoms with Gasteiger partial charge in [0.2, 0.25) is 0 Å². The van der Waals surface area contributed by atoms with Crippen molar-refractivity contribution in [1.82, 2.24) is 0 Å². The molecule has 1 aromatic rings. The molecule has 5 aliphatic rings. The molecule has 0 unspecified atom stereocenters. The van der Waals surface area contributed by atoms with Crippen LogP contribution in [0.4, 0.5) is 5.69 Å². The van der Waals surface area contributed by atoms with E-state index in [-0.39, 0.29) is 5.92 Å². The van der Waals surface area contributed by atoms with Gasteiger partial charge in [-0.25, -0.2) is 0 Å². The fraction of sp³-hybridized carbons (Fsp3) is 0.565. The summed E-state index contributed by atoms with van der Waals surface area (Å²) in [6.07, 6.45) is 12.6. The molecular formula is C23H29NO. The van der Waals surface area contributed by atoms with Gasteiger partial charge in [0.05, 0.1) is 5.60 Å². The predicted molar refractivity (Wildman–Crippen MR) is 102 cm³/mol. The summed E-state index contributed by atoms with van der Waals surface area (Å²) >= 11 is 0. The van der Waals surface area contributed by atoms with E-state index in [0.717, 1.165) is 35.7 Å². The van der Waals surface area contributed by atoms with Gasteiger partial charge >= 0.3 is 0 Å². The Morgan fingerprint density at radius 2 is 1.64 bits per heavy atom. The molecule has 132 valence electrons. The van der Waals surface area contributed by atoms with Crippen molar-refractivity contribution in [2.75, 3.05) is 5.73 Å². The molecule has 0 heterocycles. The van der Waals surface area contributed by atoms with Crippen LogP contribution < -0.4 is 5.73 Å². The number of para-hydroxylation sites is 1. The van der Waals surface area contributed by atoms with Crippen LogP contribution in [-0.2, 0) is 5.60 Å². The molecule has 0 aliphatic heterocycles. The first-order valence-corrected chi connectivity index (χ1v) is 10.0. The van der Waals surface area contributed by atoms with Crippen LogP contribution in [0, 0.1) is 29.6 Å². The van der Waals surface area contributed by atoms with Crippen LogP contribution in [0.2, 0.25) is 0 Å². The van der Waals surface area contributed by atoms with Crippen LogP contribution in [0.1, 0.15) is 51.0 Å². The summed E-state index contributed by atoms with van der Waals surface area (Å²) in [6, 6.07) is 7.81. The quantitative estimate of drug-likeness (QED) is 0.602. The van der Waals surface area contributed by atoms with Crippen molar-refractivity contribution in [2.24, 2.45) is 29.6 Å². The van der Waals surface area contributed by atoms with Gasteiger partial charge in [-0.1, -0.05) is 41.5 Å². The van der Waals surface area contributed by atoms with Gasteiger partial charge in [-0.2, -0.15) is 0 Å². The predicted octanol–water partition coefficient (Wildman–Crippen LogP) is 4.81. The van der Waals surface area contributed by atoms with Crippen molar-refractivity contribution in [3.05, 3.63) is 53.1 Å². The number of nitrogens with two attached hydrogens (primary N) is 1. The smallest absolute Gasteiger partial charge is 0.0987 e. The Labute approximate surface area is 150 Å². The van der Waals surface area contributed by atoms with Crippen molar-refractivity contribution >= 4 is 5.69 Å². The lowest BCUT2D eigenvalue weighted by molar-refractivity contribution is 0.0240. The van der Waals surface area contributed by atoms with Gasteiger partial charge in [-0.3, -0.25) is 0 Å². The fourth-order valence-corrected chi connectivity index (χ4v) is 6.74. The van der Waals surface area contributed by atoms with E-state index in [4.69, 9.17) is 5.73 Å². The second kappa shape index (κ2) is 5.48. The Bertz CT molecular complexity index is 727. The molecule has 25 heavy (non-hydrogen) atoms. The summed E-state index contributed by atoms with van der Waals surface area (Å²) < 4.78 is 0. The summed E-state index contributed by atoms with van der Waals surface area (Å²) in [5.74, 6) is 3.61. The van der Waals surface area contributed by atoms with E-state index in [1.807, 2.05) is 31.2 Å². The van der Waals surface area contributed by atoms with Gasteiger partial charge in [0, 0.05) is 17.2 Å². The maximum absolute atomic E-state index is 11.5. The summed E-state index contributed by atoms with van der Waals surface area (Å²) in [5.41, 5.74) is 10.1. The molecule has 4 bridgehead atoms. The lowest BCUT2D eigenvalue weighted by atomic mass is 9.53. The highest BCUT2D eigenvalue weighted by Gasteiger charge is 2.48. The molecule has 6 rings (SSSR count). The third kappa shape index (κ3) is 2.33. The van der Waals surface area contributed by atoms with Gasteiger partial charge in [-0.05, 0) is 75.2 Å². The number of benzene rings is 1. The number of hydrogen-bond acceptors (Lipinski definition) is 2. The number of hydrogen-bond donors (Lipinski definition) is 2. The Balaban J connectivity index is 1.56. The second-order valence-corrected chi connectivity index (χ2v) is 9.13. The van der Waals surface area contributed by atoms with E-state index in [9.17, 15) is 5.11 Å². The summed E-state index contributed by atoms with van der Waals surface area (Å²) in [5, 5.41) is 11.5. The van der Waals surface area contributed by atoms with Gasteiger partial charge < -0.3 is 10.8 Å². The molecule has 2 nitrogen and oxygen atoms in total. The first-order valence-electron chi connectivity index (χ1n) is 10.0. The Kier molecular flexibility index (Phi) is 3.44. The van der Waals surface area contributed by atoms with Crippen molar-refractivity contribution in [3.8, 4) is 0 Å². The number of nitrogen functional groups attached to an aromatic ring is 1. The average molecular weight is 335 g/mol. The maximum atomic E-state index is 11.5. The first kappa shape index (κ1) is 15.7. The molecule has 0 aromatic heterocycles. The highest BCUT2D eigenvalue weighted by atomic mass is 16.3. The Morgan fingerprint density at radius 1 is 1.00 bits per heavy atom. The average Bonchev–Trinajstić information content (AvgIpc) is 3.04. The summed E-state index contributed by atoms with van der Waals surface area (Å²) in [7, 11) is 0. The molecule has 5 aliphatic carbocycles. The molecule has 1 aromatic carbocycles. The number of aliphatic hydroxyl groups is 1. The molecule has 0 radical (unpaired) electrons. The highest BCUT2D eigenvalue weighted by molar-refractivity contribution is 5.52. The molecule has 4 fully saturated rings. The molecule has 4 saturated carbocycles. The largest absolute Gasteiger partial charge is 0.398 e. The minimum absolute atomic E-state index is 0.0738. The molecular weight excluding hydrogens is 306 g/mol. The lowest BCUT2D eigenvalue weighted by Gasteiger charge is -2.53. The van der Waals surface area contributed by atoms with E-state index in [1.54, 1.807) is 5.57 Å². The van der Waals surface area contributed by atoms with E-state index in [1.165, 1.54) is 37.7 Å². The zero-order valence-corrected chi connectivity index (χ0v) is 15.1. The van der Waals surface area contributed by atoms with Crippen LogP contribution in [0.15, 0.2) is 47.6 Å². The van der Waals surface area contributed by atoms with Gasteiger partial charge in [-0.15, -0.1) is 0 Å². The summed E-state index contributed by atoms with van der Waals surface area (Å²) in [4.78, 5) is 0. The standard InChI is InChI=1S/C23H29NO/c1-23(25,20-6-2-3-8-21(20)24)19-7-4-5-18(19)22-16-10-14-9-15(12-16)13-17(22)11-14/h2-4,6-8,14-17,19,25H,5,9-13,24H2,1H3/t14?,15?,16?,17?,19-,23-/m0/s1. The maximum Gasteiger partial charge on any atom is 0.0987 e. The third-order valence-electron chi connectivity index (χ3n) is 7.54. The number of rotatable bonds is 2. The highest BCUT2D eigenvalue weighted by Crippen LogP contribution is 2.59. The van der Waals surface area contributed by atoms with Crippen molar-refractivity contribution in [1.29, 1.82) is 0 Å². The molecule has 2 heteroatoms.